The van der Waals surface area contributed by atoms with Crippen molar-refractivity contribution in [3.05, 3.63) is 41.2 Å². The number of nitrogens with zero attached hydrogens (tertiary/aromatic N) is 2. The predicted octanol–water partition coefficient (Wildman–Crippen LogP) is 1.28. The van der Waals surface area contributed by atoms with Crippen LogP contribution in [0.4, 0.5) is 11.4 Å². The fourth-order valence-electron chi connectivity index (χ4n) is 1.92. The number of carbonyl (C=O) groups is 1. The molecule has 6 nitrogen and oxygen atoms in total. The lowest BCUT2D eigenvalue weighted by atomic mass is 10.1. The van der Waals surface area contributed by atoms with Crippen molar-refractivity contribution in [1.29, 1.82) is 0 Å². The molecule has 1 heterocycles. The van der Waals surface area contributed by atoms with E-state index in [0.29, 0.717) is 17.8 Å². The molecule has 20 heavy (non-hydrogen) atoms. The number of carbonyl (C=O) groups excluding carboxylic acids is 1. The second-order valence-electron chi connectivity index (χ2n) is 4.61. The zero-order valence-electron chi connectivity index (χ0n) is 11.9. The third-order valence-corrected chi connectivity index (χ3v) is 3.35. The van der Waals surface area contributed by atoms with Crippen LogP contribution in [0.2, 0.25) is 0 Å². The molecule has 1 amide bonds. The van der Waals surface area contributed by atoms with Crippen LogP contribution in [0, 0.1) is 6.92 Å². The zero-order chi connectivity index (χ0) is 14.7. The van der Waals surface area contributed by atoms with Gasteiger partial charge in [-0.15, -0.1) is 0 Å². The molecule has 0 aliphatic heterocycles. The number of aromatic nitrogens is 2. The number of aryl methyl sites for hydroxylation is 1. The molecular weight excluding hydrogens is 254 g/mol. The minimum absolute atomic E-state index is 0.147. The summed E-state index contributed by atoms with van der Waals surface area (Å²) < 4.78 is 1.83. The molecule has 0 bridgehead atoms. The van der Waals surface area contributed by atoms with Gasteiger partial charge in [-0.3, -0.25) is 9.48 Å². The van der Waals surface area contributed by atoms with Crippen molar-refractivity contribution in [3.8, 4) is 0 Å². The number of hydrogen-bond acceptors (Lipinski definition) is 4. The van der Waals surface area contributed by atoms with Gasteiger partial charge in [-0.2, -0.15) is 5.10 Å². The van der Waals surface area contributed by atoms with Crippen LogP contribution in [-0.4, -0.2) is 22.7 Å². The average Bonchev–Trinajstić information content (AvgIpc) is 2.76. The van der Waals surface area contributed by atoms with Gasteiger partial charge in [0, 0.05) is 37.5 Å². The van der Waals surface area contributed by atoms with Crippen LogP contribution in [0.15, 0.2) is 24.4 Å². The Morgan fingerprint density at radius 2 is 2.20 bits per heavy atom. The molecule has 0 aliphatic carbocycles. The summed E-state index contributed by atoms with van der Waals surface area (Å²) in [6.07, 6.45) is 1.83. The van der Waals surface area contributed by atoms with Crippen molar-refractivity contribution >= 4 is 17.3 Å². The summed E-state index contributed by atoms with van der Waals surface area (Å²) in [5.74, 6) is -0.147. The maximum atomic E-state index is 11.5. The molecule has 1 aromatic carbocycles. The Morgan fingerprint density at radius 3 is 2.75 bits per heavy atom. The molecule has 0 spiro atoms. The first-order chi connectivity index (χ1) is 9.52. The van der Waals surface area contributed by atoms with Gasteiger partial charge in [0.05, 0.1) is 17.6 Å². The van der Waals surface area contributed by atoms with Crippen molar-refractivity contribution in [2.24, 2.45) is 7.05 Å². The first-order valence-corrected chi connectivity index (χ1v) is 6.36. The van der Waals surface area contributed by atoms with E-state index in [1.165, 1.54) is 0 Å². The second-order valence-corrected chi connectivity index (χ2v) is 4.61. The molecule has 106 valence electrons. The average molecular weight is 273 g/mol. The van der Waals surface area contributed by atoms with Crippen molar-refractivity contribution < 1.29 is 4.79 Å². The highest BCUT2D eigenvalue weighted by Crippen LogP contribution is 2.21. The Bertz CT molecular complexity index is 632. The van der Waals surface area contributed by atoms with E-state index in [2.05, 4.69) is 15.7 Å². The van der Waals surface area contributed by atoms with Crippen molar-refractivity contribution in [1.82, 2.24) is 15.1 Å². The van der Waals surface area contributed by atoms with E-state index in [9.17, 15) is 4.79 Å². The van der Waals surface area contributed by atoms with Gasteiger partial charge in [0.2, 0.25) is 0 Å². The van der Waals surface area contributed by atoms with Crippen LogP contribution >= 0.6 is 0 Å². The van der Waals surface area contributed by atoms with Gasteiger partial charge in [-0.1, -0.05) is 0 Å². The highest BCUT2D eigenvalue weighted by molar-refractivity contribution is 5.95. The van der Waals surface area contributed by atoms with Crippen molar-refractivity contribution in [2.45, 2.75) is 13.5 Å². The Kier molecular flexibility index (Phi) is 3.93. The lowest BCUT2D eigenvalue weighted by molar-refractivity contribution is 0.0963. The molecule has 6 heteroatoms. The van der Waals surface area contributed by atoms with Crippen LogP contribution < -0.4 is 16.4 Å². The topological polar surface area (TPSA) is 85.0 Å². The van der Waals surface area contributed by atoms with Gasteiger partial charge in [0.1, 0.15) is 0 Å². The van der Waals surface area contributed by atoms with Gasteiger partial charge < -0.3 is 16.4 Å². The Hall–Kier alpha value is -2.50. The van der Waals surface area contributed by atoms with Crippen molar-refractivity contribution in [2.75, 3.05) is 18.1 Å². The molecule has 2 rings (SSSR count). The van der Waals surface area contributed by atoms with Gasteiger partial charge in [0.15, 0.2) is 0 Å². The van der Waals surface area contributed by atoms with E-state index < -0.39 is 0 Å². The number of nitrogens with two attached hydrogens (primary N) is 1. The van der Waals surface area contributed by atoms with Crippen LogP contribution in [-0.2, 0) is 13.6 Å². The van der Waals surface area contributed by atoms with Crippen LogP contribution in [0.25, 0.3) is 0 Å². The summed E-state index contributed by atoms with van der Waals surface area (Å²) >= 11 is 0. The third-order valence-electron chi connectivity index (χ3n) is 3.35. The normalized spacial score (nSPS) is 10.3. The van der Waals surface area contributed by atoms with E-state index >= 15 is 0 Å². The van der Waals surface area contributed by atoms with E-state index in [1.807, 2.05) is 30.9 Å². The van der Waals surface area contributed by atoms with Gasteiger partial charge in [0.25, 0.3) is 5.91 Å². The fraction of sp³-hybridized carbons (Fsp3) is 0.286. The molecular formula is C14H19N5O. The SMILES string of the molecule is CNC(=O)c1ccc(NCc2cnn(C)c2C)c(N)c1. The largest absolute Gasteiger partial charge is 0.397 e. The standard InChI is InChI=1S/C14H19N5O/c1-9-11(8-18-19(9)3)7-17-13-5-4-10(6-12(13)15)14(20)16-2/h4-6,8,17H,7,15H2,1-3H3,(H,16,20). The highest BCUT2D eigenvalue weighted by atomic mass is 16.1. The molecule has 0 unspecified atom stereocenters. The summed E-state index contributed by atoms with van der Waals surface area (Å²) in [6, 6.07) is 5.22. The molecule has 1 aromatic heterocycles. The second kappa shape index (κ2) is 5.64. The van der Waals surface area contributed by atoms with Crippen LogP contribution in [0.3, 0.4) is 0 Å². The third kappa shape index (κ3) is 2.74. The zero-order valence-corrected chi connectivity index (χ0v) is 11.9. The first kappa shape index (κ1) is 13.9. The number of nitrogen functional groups attached to an aromatic ring is 1. The summed E-state index contributed by atoms with van der Waals surface area (Å²) in [5.41, 5.74) is 10.1. The first-order valence-electron chi connectivity index (χ1n) is 6.36. The molecule has 4 N–H and O–H groups in total. The lowest BCUT2D eigenvalue weighted by Gasteiger charge is -2.10. The van der Waals surface area contributed by atoms with E-state index in [1.54, 1.807) is 19.2 Å². The quantitative estimate of drug-likeness (QED) is 0.733. The molecule has 0 fully saturated rings. The van der Waals surface area contributed by atoms with Crippen molar-refractivity contribution in [3.63, 3.8) is 0 Å². The number of hydrogen-bond donors (Lipinski definition) is 3. The highest BCUT2D eigenvalue weighted by Gasteiger charge is 2.08. The van der Waals surface area contributed by atoms with Crippen LogP contribution in [0.1, 0.15) is 21.6 Å². The van der Waals surface area contributed by atoms with Crippen LogP contribution in [0.5, 0.6) is 0 Å². The summed E-state index contributed by atoms with van der Waals surface area (Å²) in [7, 11) is 3.50. The Labute approximate surface area is 118 Å². The fourth-order valence-corrected chi connectivity index (χ4v) is 1.92. The molecule has 0 aliphatic rings. The molecule has 0 atom stereocenters. The Balaban J connectivity index is 2.10. The molecule has 2 aromatic rings. The maximum absolute atomic E-state index is 11.5. The minimum Gasteiger partial charge on any atom is -0.397 e. The number of amides is 1. The van der Waals surface area contributed by atoms with Gasteiger partial charge in [-0.25, -0.2) is 0 Å². The summed E-state index contributed by atoms with van der Waals surface area (Å²) in [4.78, 5) is 11.5. The Morgan fingerprint density at radius 1 is 1.45 bits per heavy atom. The summed E-state index contributed by atoms with van der Waals surface area (Å²) in [5, 5.41) is 10.0. The van der Waals surface area contributed by atoms with E-state index in [0.717, 1.165) is 16.9 Å². The summed E-state index contributed by atoms with van der Waals surface area (Å²) in [6.45, 7) is 2.66. The lowest BCUT2D eigenvalue weighted by Crippen LogP contribution is -2.18. The predicted molar refractivity (Wildman–Crippen MR) is 79.5 cm³/mol. The number of anilines is 2. The monoisotopic (exact) mass is 273 g/mol. The number of nitrogens with one attached hydrogen (secondary N) is 2. The number of rotatable bonds is 4. The molecule has 0 saturated carbocycles. The molecule has 0 radical (unpaired) electrons. The number of benzene rings is 1. The van der Waals surface area contributed by atoms with Gasteiger partial charge >= 0.3 is 0 Å². The van der Waals surface area contributed by atoms with Gasteiger partial charge in [-0.05, 0) is 25.1 Å². The molecule has 0 saturated heterocycles. The smallest absolute Gasteiger partial charge is 0.251 e. The maximum Gasteiger partial charge on any atom is 0.251 e. The van der Waals surface area contributed by atoms with E-state index in [-0.39, 0.29) is 5.91 Å². The van der Waals surface area contributed by atoms with E-state index in [4.69, 9.17) is 5.73 Å². The minimum atomic E-state index is -0.147.